The van der Waals surface area contributed by atoms with Gasteiger partial charge in [-0.25, -0.2) is 0 Å². The van der Waals surface area contributed by atoms with E-state index in [-0.39, 0.29) is 23.8 Å². The Morgan fingerprint density at radius 2 is 0.857 bits per heavy atom. The average Bonchev–Trinajstić information content (AvgIpc) is 2.69. The molecule has 0 spiro atoms. The second-order valence-corrected chi connectivity index (χ2v) is 6.68. The van der Waals surface area contributed by atoms with Crippen LogP contribution in [-0.4, -0.2) is 51.1 Å². The average molecular weight is 401 g/mol. The Morgan fingerprint density at radius 3 is 1.18 bits per heavy atom. The van der Waals surface area contributed by atoms with Gasteiger partial charge in [-0.15, -0.1) is 0 Å². The normalized spacial score (nSPS) is 10.2. The quantitative estimate of drug-likeness (QED) is 0.286. The van der Waals surface area contributed by atoms with Crippen LogP contribution in [0.4, 0.5) is 0 Å². The lowest BCUT2D eigenvalue weighted by molar-refractivity contribution is -0.141. The molecule has 162 valence electrons. The van der Waals surface area contributed by atoms with Crippen molar-refractivity contribution in [3.8, 4) is 0 Å². The zero-order valence-corrected chi connectivity index (χ0v) is 17.3. The number of carbonyl (C=O) groups is 4. The number of hydrogen-bond acceptors (Lipinski definition) is 6. The summed E-state index contributed by atoms with van der Waals surface area (Å²) < 4.78 is 9.13. The molecule has 0 radical (unpaired) electrons. The predicted molar refractivity (Wildman–Crippen MR) is 105 cm³/mol. The predicted octanol–water partition coefficient (Wildman–Crippen LogP) is 2.25. The number of amides is 2. The van der Waals surface area contributed by atoms with Crippen molar-refractivity contribution in [2.45, 2.75) is 77.0 Å². The van der Waals surface area contributed by atoms with Gasteiger partial charge >= 0.3 is 11.9 Å². The molecule has 2 N–H and O–H groups in total. The summed E-state index contributed by atoms with van der Waals surface area (Å²) in [4.78, 5) is 45.3. The minimum Gasteiger partial charge on any atom is -0.469 e. The molecular formula is C20H36N2O6. The van der Waals surface area contributed by atoms with Gasteiger partial charge < -0.3 is 20.1 Å². The summed E-state index contributed by atoms with van der Waals surface area (Å²) in [5.41, 5.74) is 0. The van der Waals surface area contributed by atoms with E-state index in [1.165, 1.54) is 14.2 Å². The Morgan fingerprint density at radius 1 is 0.536 bits per heavy atom. The van der Waals surface area contributed by atoms with Crippen molar-refractivity contribution < 1.29 is 28.7 Å². The first kappa shape index (κ1) is 25.9. The van der Waals surface area contributed by atoms with Crippen molar-refractivity contribution in [2.75, 3.05) is 27.3 Å². The van der Waals surface area contributed by atoms with Crippen LogP contribution in [0.5, 0.6) is 0 Å². The Balaban J connectivity index is 3.41. The van der Waals surface area contributed by atoms with Gasteiger partial charge in [0.2, 0.25) is 11.8 Å². The number of ether oxygens (including phenoxy) is 2. The van der Waals surface area contributed by atoms with Crippen LogP contribution in [0.3, 0.4) is 0 Å². The lowest BCUT2D eigenvalue weighted by atomic mass is 10.1. The van der Waals surface area contributed by atoms with Gasteiger partial charge in [-0.1, -0.05) is 25.7 Å². The summed E-state index contributed by atoms with van der Waals surface area (Å²) in [6, 6.07) is 0. The van der Waals surface area contributed by atoms with Crippen LogP contribution in [0, 0.1) is 0 Å². The molecule has 28 heavy (non-hydrogen) atoms. The molecule has 0 fully saturated rings. The summed E-state index contributed by atoms with van der Waals surface area (Å²) in [6.45, 7) is 0.845. The van der Waals surface area contributed by atoms with Crippen molar-refractivity contribution in [3.63, 3.8) is 0 Å². The molecule has 0 saturated heterocycles. The first-order valence-corrected chi connectivity index (χ1v) is 10.2. The van der Waals surface area contributed by atoms with Crippen LogP contribution in [0.1, 0.15) is 77.0 Å². The van der Waals surface area contributed by atoms with E-state index in [0.717, 1.165) is 51.4 Å². The minimum absolute atomic E-state index is 0.0205. The second-order valence-electron chi connectivity index (χ2n) is 6.68. The van der Waals surface area contributed by atoms with Crippen molar-refractivity contribution in [1.29, 1.82) is 0 Å². The molecule has 0 unspecified atom stereocenters. The highest BCUT2D eigenvalue weighted by Crippen LogP contribution is 2.06. The van der Waals surface area contributed by atoms with Crippen LogP contribution in [-0.2, 0) is 28.7 Å². The van der Waals surface area contributed by atoms with E-state index < -0.39 is 0 Å². The lowest BCUT2D eigenvalue weighted by Gasteiger charge is -2.07. The van der Waals surface area contributed by atoms with Gasteiger partial charge in [-0.3, -0.25) is 19.2 Å². The van der Waals surface area contributed by atoms with E-state index in [1.807, 2.05) is 0 Å². The Bertz CT molecular complexity index is 426. The molecule has 0 aromatic rings. The van der Waals surface area contributed by atoms with Gasteiger partial charge in [0, 0.05) is 38.8 Å². The number of methoxy groups -OCH3 is 2. The van der Waals surface area contributed by atoms with E-state index in [1.54, 1.807) is 0 Å². The SMILES string of the molecule is COC(=O)CCCCCCC(=O)NCCNC(=O)CCCCCCC(=O)OC. The number of unbranched alkanes of at least 4 members (excludes halogenated alkanes) is 6. The van der Waals surface area contributed by atoms with Crippen molar-refractivity contribution in [2.24, 2.45) is 0 Å². The standard InChI is InChI=1S/C20H36N2O6/c1-27-19(25)13-9-5-3-7-11-17(23)21-15-16-22-18(24)12-8-4-6-10-14-20(26)28-2/h3-16H2,1-2H3,(H,21,23)(H,22,24). The topological polar surface area (TPSA) is 111 Å². The fraction of sp³-hybridized carbons (Fsp3) is 0.800. The maximum atomic E-state index is 11.7. The highest BCUT2D eigenvalue weighted by Gasteiger charge is 2.04. The Labute approximate surface area is 168 Å². The molecule has 8 heteroatoms. The first-order chi connectivity index (χ1) is 13.5. The third-order valence-electron chi connectivity index (χ3n) is 4.29. The third kappa shape index (κ3) is 17.3. The van der Waals surface area contributed by atoms with E-state index in [9.17, 15) is 19.2 Å². The molecule has 0 aromatic carbocycles. The smallest absolute Gasteiger partial charge is 0.305 e. The molecular weight excluding hydrogens is 364 g/mol. The molecule has 0 aliphatic heterocycles. The highest BCUT2D eigenvalue weighted by atomic mass is 16.5. The number of nitrogens with one attached hydrogen (secondary N) is 2. The van der Waals surface area contributed by atoms with Crippen LogP contribution in [0.15, 0.2) is 0 Å². The van der Waals surface area contributed by atoms with E-state index in [0.29, 0.717) is 38.8 Å². The molecule has 0 heterocycles. The number of rotatable bonds is 17. The first-order valence-electron chi connectivity index (χ1n) is 10.2. The van der Waals surface area contributed by atoms with Crippen molar-refractivity contribution in [1.82, 2.24) is 10.6 Å². The van der Waals surface area contributed by atoms with E-state index in [4.69, 9.17) is 0 Å². The van der Waals surface area contributed by atoms with Crippen molar-refractivity contribution in [3.05, 3.63) is 0 Å². The summed E-state index contributed by atoms with van der Waals surface area (Å²) in [7, 11) is 2.76. The number of carbonyl (C=O) groups excluding carboxylic acids is 4. The molecule has 0 atom stereocenters. The van der Waals surface area contributed by atoms with Crippen LogP contribution in [0.25, 0.3) is 0 Å². The fourth-order valence-electron chi connectivity index (χ4n) is 2.60. The fourth-order valence-corrected chi connectivity index (χ4v) is 2.60. The molecule has 0 aliphatic rings. The molecule has 0 bridgehead atoms. The minimum atomic E-state index is -0.196. The molecule has 0 aromatic heterocycles. The van der Waals surface area contributed by atoms with Gasteiger partial charge in [0.15, 0.2) is 0 Å². The van der Waals surface area contributed by atoms with E-state index >= 15 is 0 Å². The Hall–Kier alpha value is -2.12. The zero-order chi connectivity index (χ0) is 21.0. The highest BCUT2D eigenvalue weighted by molar-refractivity contribution is 5.77. The van der Waals surface area contributed by atoms with Crippen LogP contribution < -0.4 is 10.6 Å². The molecule has 0 saturated carbocycles. The monoisotopic (exact) mass is 400 g/mol. The Kier molecular flexibility index (Phi) is 16.9. The zero-order valence-electron chi connectivity index (χ0n) is 17.3. The molecule has 0 aliphatic carbocycles. The third-order valence-corrected chi connectivity index (χ3v) is 4.29. The number of hydrogen-bond donors (Lipinski definition) is 2. The summed E-state index contributed by atoms with van der Waals surface area (Å²) in [5, 5.41) is 5.57. The van der Waals surface area contributed by atoms with Gasteiger partial charge in [0.25, 0.3) is 0 Å². The molecule has 0 rings (SSSR count). The van der Waals surface area contributed by atoms with Gasteiger partial charge in [0.05, 0.1) is 14.2 Å². The maximum absolute atomic E-state index is 11.7. The van der Waals surface area contributed by atoms with E-state index in [2.05, 4.69) is 20.1 Å². The largest absolute Gasteiger partial charge is 0.469 e. The van der Waals surface area contributed by atoms with Gasteiger partial charge in [-0.05, 0) is 25.7 Å². The molecule has 8 nitrogen and oxygen atoms in total. The number of esters is 2. The van der Waals surface area contributed by atoms with Crippen LogP contribution in [0.2, 0.25) is 0 Å². The summed E-state index contributed by atoms with van der Waals surface area (Å²) >= 11 is 0. The van der Waals surface area contributed by atoms with Gasteiger partial charge in [-0.2, -0.15) is 0 Å². The summed E-state index contributed by atoms with van der Waals surface area (Å²) in [6.07, 6.45) is 8.52. The summed E-state index contributed by atoms with van der Waals surface area (Å²) in [5.74, 6) is -0.433. The van der Waals surface area contributed by atoms with Gasteiger partial charge in [0.1, 0.15) is 0 Å². The second kappa shape index (κ2) is 18.3. The molecule has 2 amide bonds. The lowest BCUT2D eigenvalue weighted by Crippen LogP contribution is -2.34. The van der Waals surface area contributed by atoms with Crippen LogP contribution >= 0.6 is 0 Å². The van der Waals surface area contributed by atoms with Crippen molar-refractivity contribution >= 4 is 23.8 Å². The maximum Gasteiger partial charge on any atom is 0.305 e.